The molecule has 0 spiro atoms. The molecule has 0 aliphatic carbocycles. The monoisotopic (exact) mass is 293 g/mol. The highest BCUT2D eigenvalue weighted by Crippen LogP contribution is 2.23. The quantitative estimate of drug-likeness (QED) is 0.819. The Labute approximate surface area is 124 Å². The number of halogens is 1. The molecule has 19 heavy (non-hydrogen) atoms. The summed E-state index contributed by atoms with van der Waals surface area (Å²) in [4.78, 5) is 2.76. The summed E-state index contributed by atoms with van der Waals surface area (Å²) in [5.41, 5.74) is 1.21. The average Bonchev–Trinajstić information content (AvgIpc) is 2.79. The predicted octanol–water partition coefficient (Wildman–Crippen LogP) is 4.99. The van der Waals surface area contributed by atoms with E-state index in [1.165, 1.54) is 15.3 Å². The molecule has 0 aliphatic heterocycles. The molecule has 0 radical (unpaired) electrons. The van der Waals surface area contributed by atoms with Crippen molar-refractivity contribution in [2.45, 2.75) is 39.3 Å². The molecule has 1 nitrogen and oxygen atoms in total. The maximum Gasteiger partial charge on any atom is 0.0438 e. The van der Waals surface area contributed by atoms with Crippen LogP contribution >= 0.6 is 22.9 Å². The zero-order valence-electron chi connectivity index (χ0n) is 11.6. The van der Waals surface area contributed by atoms with Gasteiger partial charge >= 0.3 is 0 Å². The molecule has 0 bridgehead atoms. The highest BCUT2D eigenvalue weighted by molar-refractivity contribution is 7.12. The van der Waals surface area contributed by atoms with Crippen molar-refractivity contribution < 1.29 is 0 Å². The van der Waals surface area contributed by atoms with Crippen molar-refractivity contribution in [1.29, 1.82) is 0 Å². The summed E-state index contributed by atoms with van der Waals surface area (Å²) in [5, 5.41) is 4.49. The molecular weight excluding hydrogens is 274 g/mol. The first kappa shape index (κ1) is 14.6. The molecule has 2 unspecified atom stereocenters. The maximum absolute atomic E-state index is 6.20. The molecule has 102 valence electrons. The van der Waals surface area contributed by atoms with Crippen LogP contribution in [0.5, 0.6) is 0 Å². The topological polar surface area (TPSA) is 12.0 Å². The van der Waals surface area contributed by atoms with Crippen molar-refractivity contribution >= 4 is 22.9 Å². The summed E-state index contributed by atoms with van der Waals surface area (Å²) in [5.74, 6) is 0. The average molecular weight is 294 g/mol. The lowest BCUT2D eigenvalue weighted by molar-refractivity contribution is 0.482. The van der Waals surface area contributed by atoms with Crippen molar-refractivity contribution in [3.63, 3.8) is 0 Å². The zero-order valence-corrected chi connectivity index (χ0v) is 13.2. The minimum atomic E-state index is 0.385. The smallest absolute Gasteiger partial charge is 0.0438 e. The SMILES string of the molecule is Cc1ccc(C(C)NC(C)Cc2ccccc2Cl)s1. The second-order valence-corrected chi connectivity index (χ2v) is 6.76. The van der Waals surface area contributed by atoms with Gasteiger partial charge in [0, 0.05) is 26.9 Å². The number of aryl methyl sites for hydroxylation is 1. The lowest BCUT2D eigenvalue weighted by Gasteiger charge is -2.19. The summed E-state index contributed by atoms with van der Waals surface area (Å²) in [6.45, 7) is 6.57. The van der Waals surface area contributed by atoms with Crippen LogP contribution in [0.15, 0.2) is 36.4 Å². The van der Waals surface area contributed by atoms with Crippen LogP contribution < -0.4 is 5.32 Å². The first-order valence-corrected chi connectivity index (χ1v) is 7.81. The third kappa shape index (κ3) is 4.07. The molecule has 1 heterocycles. The van der Waals surface area contributed by atoms with Crippen molar-refractivity contribution in [3.05, 3.63) is 56.7 Å². The van der Waals surface area contributed by atoms with Gasteiger partial charge < -0.3 is 5.32 Å². The van der Waals surface area contributed by atoms with E-state index in [2.05, 4.69) is 44.3 Å². The molecule has 1 N–H and O–H groups in total. The van der Waals surface area contributed by atoms with Gasteiger partial charge in [-0.15, -0.1) is 11.3 Å². The Hall–Kier alpha value is -0.830. The summed E-state index contributed by atoms with van der Waals surface area (Å²) in [7, 11) is 0. The van der Waals surface area contributed by atoms with Gasteiger partial charge in [0.25, 0.3) is 0 Å². The Kier molecular flexibility index (Phi) is 5.03. The van der Waals surface area contributed by atoms with E-state index in [0.717, 1.165) is 11.4 Å². The molecule has 2 atom stereocenters. The molecule has 0 fully saturated rings. The number of nitrogens with one attached hydrogen (secondary N) is 1. The molecule has 0 aliphatic rings. The fraction of sp³-hybridized carbons (Fsp3) is 0.375. The maximum atomic E-state index is 6.20. The van der Waals surface area contributed by atoms with Gasteiger partial charge in [-0.1, -0.05) is 29.8 Å². The third-order valence-corrected chi connectivity index (χ3v) is 4.76. The predicted molar refractivity (Wildman–Crippen MR) is 85.2 cm³/mol. The van der Waals surface area contributed by atoms with E-state index in [0.29, 0.717) is 12.1 Å². The normalized spacial score (nSPS) is 14.3. The molecule has 0 saturated heterocycles. The fourth-order valence-electron chi connectivity index (χ4n) is 2.25. The molecule has 1 aromatic carbocycles. The molecule has 1 aromatic heterocycles. The summed E-state index contributed by atoms with van der Waals surface area (Å²) < 4.78 is 0. The first-order valence-electron chi connectivity index (χ1n) is 6.62. The van der Waals surface area contributed by atoms with Crippen LogP contribution in [-0.4, -0.2) is 6.04 Å². The molecule has 0 saturated carbocycles. The molecule has 2 rings (SSSR count). The Morgan fingerprint density at radius 1 is 1.16 bits per heavy atom. The highest BCUT2D eigenvalue weighted by atomic mass is 35.5. The third-order valence-electron chi connectivity index (χ3n) is 3.21. The first-order chi connectivity index (χ1) is 9.06. The number of benzene rings is 1. The van der Waals surface area contributed by atoms with E-state index in [9.17, 15) is 0 Å². The van der Waals surface area contributed by atoms with E-state index in [1.54, 1.807) is 0 Å². The Morgan fingerprint density at radius 2 is 1.89 bits per heavy atom. The largest absolute Gasteiger partial charge is 0.307 e. The van der Waals surface area contributed by atoms with E-state index < -0.39 is 0 Å². The molecular formula is C16H20ClNS. The second kappa shape index (κ2) is 6.56. The van der Waals surface area contributed by atoms with E-state index in [1.807, 2.05) is 29.5 Å². The van der Waals surface area contributed by atoms with Crippen LogP contribution in [0.4, 0.5) is 0 Å². The van der Waals surface area contributed by atoms with Gasteiger partial charge in [0.1, 0.15) is 0 Å². The van der Waals surface area contributed by atoms with Crippen LogP contribution in [0.2, 0.25) is 5.02 Å². The lowest BCUT2D eigenvalue weighted by atomic mass is 10.1. The van der Waals surface area contributed by atoms with Gasteiger partial charge in [-0.2, -0.15) is 0 Å². The van der Waals surface area contributed by atoms with Crippen LogP contribution in [0.25, 0.3) is 0 Å². The van der Waals surface area contributed by atoms with Gasteiger partial charge in [0.2, 0.25) is 0 Å². The van der Waals surface area contributed by atoms with Crippen molar-refractivity contribution in [2.75, 3.05) is 0 Å². The van der Waals surface area contributed by atoms with Gasteiger partial charge in [-0.25, -0.2) is 0 Å². The summed E-state index contributed by atoms with van der Waals surface area (Å²) in [6, 6.07) is 13.2. The van der Waals surface area contributed by atoms with E-state index in [-0.39, 0.29) is 0 Å². The standard InChI is InChI=1S/C16H20ClNS/c1-11(10-14-6-4-5-7-15(14)17)18-13(3)16-9-8-12(2)19-16/h4-9,11,13,18H,10H2,1-3H3. The van der Waals surface area contributed by atoms with Crippen LogP contribution in [0.3, 0.4) is 0 Å². The fourth-order valence-corrected chi connectivity index (χ4v) is 3.35. The number of rotatable bonds is 5. The Bertz CT molecular complexity index is 535. The number of thiophene rings is 1. The van der Waals surface area contributed by atoms with Crippen LogP contribution in [-0.2, 0) is 6.42 Å². The van der Waals surface area contributed by atoms with Crippen LogP contribution in [0.1, 0.15) is 35.2 Å². The molecule has 2 aromatic rings. The van der Waals surface area contributed by atoms with Gasteiger partial charge in [-0.3, -0.25) is 0 Å². The van der Waals surface area contributed by atoms with Gasteiger partial charge in [0.05, 0.1) is 0 Å². The summed E-state index contributed by atoms with van der Waals surface area (Å²) in [6.07, 6.45) is 0.953. The number of hydrogen-bond acceptors (Lipinski definition) is 2. The van der Waals surface area contributed by atoms with Crippen LogP contribution in [0, 0.1) is 6.92 Å². The lowest BCUT2D eigenvalue weighted by Crippen LogP contribution is -2.30. The minimum Gasteiger partial charge on any atom is -0.307 e. The second-order valence-electron chi connectivity index (χ2n) is 5.03. The van der Waals surface area contributed by atoms with Crippen molar-refractivity contribution in [2.24, 2.45) is 0 Å². The molecule has 3 heteroatoms. The minimum absolute atomic E-state index is 0.385. The van der Waals surface area contributed by atoms with Gasteiger partial charge in [-0.05, 0) is 51.0 Å². The van der Waals surface area contributed by atoms with E-state index in [4.69, 9.17) is 11.6 Å². The van der Waals surface area contributed by atoms with E-state index >= 15 is 0 Å². The highest BCUT2D eigenvalue weighted by Gasteiger charge is 2.12. The van der Waals surface area contributed by atoms with Crippen molar-refractivity contribution in [1.82, 2.24) is 5.32 Å². The number of hydrogen-bond donors (Lipinski definition) is 1. The Morgan fingerprint density at radius 3 is 2.53 bits per heavy atom. The Balaban J connectivity index is 1.94. The van der Waals surface area contributed by atoms with Gasteiger partial charge in [0.15, 0.2) is 0 Å². The summed E-state index contributed by atoms with van der Waals surface area (Å²) >= 11 is 8.06. The molecule has 0 amide bonds. The zero-order chi connectivity index (χ0) is 13.8. The van der Waals surface area contributed by atoms with Crippen molar-refractivity contribution in [3.8, 4) is 0 Å².